The molecule has 1 aliphatic carbocycles. The first-order chi connectivity index (χ1) is 26.4. The number of rotatable bonds is 3. The van der Waals surface area contributed by atoms with E-state index in [1.54, 1.807) is 0 Å². The van der Waals surface area contributed by atoms with Gasteiger partial charge in [0.25, 0.3) is 6.71 Å². The molecule has 3 aliphatic rings. The molecule has 282 valence electrons. The number of hydrogen-bond acceptors (Lipinski definition) is 2. The molecule has 0 atom stereocenters. The molecule has 2 nitrogen and oxygen atoms in total. The van der Waals surface area contributed by atoms with Gasteiger partial charge in [0.1, 0.15) is 0 Å². The van der Waals surface area contributed by atoms with Crippen molar-refractivity contribution in [3.63, 3.8) is 0 Å². The van der Waals surface area contributed by atoms with Crippen LogP contribution in [0.15, 0.2) is 121 Å². The van der Waals surface area contributed by atoms with Crippen LogP contribution in [0.1, 0.15) is 104 Å². The highest BCUT2D eigenvalue weighted by Crippen LogP contribution is 2.49. The lowest BCUT2D eigenvalue weighted by atomic mass is 9.33. The van der Waals surface area contributed by atoms with E-state index in [-0.39, 0.29) is 28.4 Å². The molecular weight excluding hydrogens is 675 g/mol. The molecule has 6 aromatic carbocycles. The van der Waals surface area contributed by atoms with Gasteiger partial charge in [0.2, 0.25) is 0 Å². The lowest BCUT2D eigenvalue weighted by Gasteiger charge is -2.45. The Balaban J connectivity index is 1.37. The summed E-state index contributed by atoms with van der Waals surface area (Å²) in [5.74, 6) is 0. The molecule has 0 saturated carbocycles. The molecule has 0 saturated heterocycles. The minimum atomic E-state index is 0.0128. The van der Waals surface area contributed by atoms with Crippen molar-refractivity contribution >= 4 is 57.2 Å². The van der Waals surface area contributed by atoms with Gasteiger partial charge in [-0.05, 0) is 133 Å². The standard InChI is InChI=1S/C53H57BN2/c1-50(2,3)37-20-24-40(25-21-37)55-45-27-23-39(52(7,8)9)31-43(45)54-42-28-35-32-53(10,11)33-36(35)29-48(42)56(47-19-15-18-46(55)49(47)54)44-26-22-38(51(4,5)6)30-41(44)34-16-13-12-14-17-34/h12-31H,32-33H2,1-11H3. The lowest BCUT2D eigenvalue weighted by molar-refractivity contribution is 0.392. The van der Waals surface area contributed by atoms with Crippen LogP contribution in [0, 0.1) is 5.41 Å². The molecule has 9 rings (SSSR count). The molecule has 0 amide bonds. The Hall–Kier alpha value is -5.02. The highest BCUT2D eigenvalue weighted by atomic mass is 15.2. The molecule has 0 fully saturated rings. The molecule has 2 heterocycles. The van der Waals surface area contributed by atoms with E-state index in [0.29, 0.717) is 0 Å². The number of fused-ring (bicyclic) bond motifs is 5. The minimum Gasteiger partial charge on any atom is -0.311 e. The number of nitrogens with zero attached hydrogens (tertiary/aromatic N) is 2. The van der Waals surface area contributed by atoms with Gasteiger partial charge in [-0.15, -0.1) is 0 Å². The molecule has 6 aromatic rings. The third-order valence-electron chi connectivity index (χ3n) is 12.7. The predicted octanol–water partition coefficient (Wildman–Crippen LogP) is 12.5. The van der Waals surface area contributed by atoms with Crippen LogP contribution < -0.4 is 26.2 Å². The van der Waals surface area contributed by atoms with Gasteiger partial charge in [-0.3, -0.25) is 0 Å². The molecule has 0 N–H and O–H groups in total. The molecular formula is C53H57BN2. The van der Waals surface area contributed by atoms with Crippen molar-refractivity contribution in [3.8, 4) is 11.1 Å². The Kier molecular flexibility index (Phi) is 8.17. The summed E-state index contributed by atoms with van der Waals surface area (Å²) in [6, 6.07) is 47.1. The van der Waals surface area contributed by atoms with Crippen LogP contribution >= 0.6 is 0 Å². The van der Waals surface area contributed by atoms with Crippen LogP contribution in [-0.4, -0.2) is 6.71 Å². The van der Waals surface area contributed by atoms with Crippen molar-refractivity contribution in [2.75, 3.05) is 9.80 Å². The summed E-state index contributed by atoms with van der Waals surface area (Å²) >= 11 is 0. The number of benzene rings is 6. The Labute approximate surface area is 336 Å². The van der Waals surface area contributed by atoms with Gasteiger partial charge in [-0.1, -0.05) is 149 Å². The van der Waals surface area contributed by atoms with Crippen LogP contribution in [0.5, 0.6) is 0 Å². The second-order valence-corrected chi connectivity index (χ2v) is 20.7. The minimum absolute atomic E-state index is 0.0128. The molecule has 3 heteroatoms. The van der Waals surface area contributed by atoms with E-state index in [0.717, 1.165) is 12.8 Å². The van der Waals surface area contributed by atoms with E-state index in [9.17, 15) is 0 Å². The van der Waals surface area contributed by atoms with E-state index >= 15 is 0 Å². The summed E-state index contributed by atoms with van der Waals surface area (Å²) < 4.78 is 0. The predicted molar refractivity (Wildman–Crippen MR) is 243 cm³/mol. The topological polar surface area (TPSA) is 6.48 Å². The highest BCUT2D eigenvalue weighted by molar-refractivity contribution is 7.00. The average Bonchev–Trinajstić information content (AvgIpc) is 3.45. The van der Waals surface area contributed by atoms with Gasteiger partial charge in [-0.25, -0.2) is 0 Å². The van der Waals surface area contributed by atoms with E-state index < -0.39 is 0 Å². The zero-order chi connectivity index (χ0) is 39.5. The summed E-state index contributed by atoms with van der Waals surface area (Å²) in [4.78, 5) is 5.18. The molecule has 2 aliphatic heterocycles. The largest absolute Gasteiger partial charge is 0.311 e. The van der Waals surface area contributed by atoms with Crippen molar-refractivity contribution in [3.05, 3.63) is 149 Å². The monoisotopic (exact) mass is 732 g/mol. The molecule has 0 radical (unpaired) electrons. The Morgan fingerprint density at radius 1 is 0.464 bits per heavy atom. The van der Waals surface area contributed by atoms with Crippen molar-refractivity contribution < 1.29 is 0 Å². The molecule has 0 bridgehead atoms. The Morgan fingerprint density at radius 2 is 1.00 bits per heavy atom. The highest BCUT2D eigenvalue weighted by Gasteiger charge is 2.45. The third kappa shape index (κ3) is 6.01. The first-order valence-electron chi connectivity index (χ1n) is 20.7. The summed E-state index contributed by atoms with van der Waals surface area (Å²) in [5, 5.41) is 0. The van der Waals surface area contributed by atoms with Gasteiger partial charge in [-0.2, -0.15) is 0 Å². The maximum Gasteiger partial charge on any atom is 0.252 e. The van der Waals surface area contributed by atoms with Crippen molar-refractivity contribution in [2.45, 2.75) is 105 Å². The zero-order valence-electron chi connectivity index (χ0n) is 35.4. The van der Waals surface area contributed by atoms with Crippen LogP contribution in [0.4, 0.5) is 34.1 Å². The van der Waals surface area contributed by atoms with Gasteiger partial charge >= 0.3 is 0 Å². The van der Waals surface area contributed by atoms with Gasteiger partial charge in [0, 0.05) is 34.0 Å². The SMILES string of the molecule is CC1(C)Cc2cc3c(cc2C1)N(c1ccc(C(C)(C)C)cc1-c1ccccc1)c1cccc2c1B3c1cc(C(C)(C)C)ccc1N2c1ccc(C(C)(C)C)cc1. The fourth-order valence-electron chi connectivity index (χ4n) is 9.66. The first-order valence-corrected chi connectivity index (χ1v) is 20.7. The quantitative estimate of drug-likeness (QED) is 0.167. The second-order valence-electron chi connectivity index (χ2n) is 20.7. The average molecular weight is 733 g/mol. The zero-order valence-corrected chi connectivity index (χ0v) is 35.4. The molecule has 0 aromatic heterocycles. The molecule has 0 unspecified atom stereocenters. The normalized spacial score (nSPS) is 15.7. The van der Waals surface area contributed by atoms with Crippen LogP contribution in [0.2, 0.25) is 0 Å². The second kappa shape index (κ2) is 12.5. The summed E-state index contributed by atoms with van der Waals surface area (Å²) in [6.07, 6.45) is 2.20. The molecule has 0 spiro atoms. The first kappa shape index (κ1) is 36.6. The maximum absolute atomic E-state index is 2.63. The van der Waals surface area contributed by atoms with Crippen molar-refractivity contribution in [2.24, 2.45) is 5.41 Å². The van der Waals surface area contributed by atoms with E-state index in [2.05, 4.69) is 207 Å². The van der Waals surface area contributed by atoms with E-state index in [4.69, 9.17) is 0 Å². The Bertz CT molecular complexity index is 2500. The Morgan fingerprint density at radius 3 is 1.62 bits per heavy atom. The maximum atomic E-state index is 2.63. The fourth-order valence-corrected chi connectivity index (χ4v) is 9.66. The smallest absolute Gasteiger partial charge is 0.252 e. The third-order valence-corrected chi connectivity index (χ3v) is 12.7. The van der Waals surface area contributed by atoms with Crippen LogP contribution in [0.25, 0.3) is 11.1 Å². The van der Waals surface area contributed by atoms with E-state index in [1.807, 2.05) is 0 Å². The summed E-state index contributed by atoms with van der Waals surface area (Å²) in [7, 11) is 0. The van der Waals surface area contributed by atoms with E-state index in [1.165, 1.54) is 89.5 Å². The number of hydrogen-bond donors (Lipinski definition) is 0. The van der Waals surface area contributed by atoms with Crippen LogP contribution in [-0.2, 0) is 29.1 Å². The van der Waals surface area contributed by atoms with Crippen molar-refractivity contribution in [1.29, 1.82) is 0 Å². The summed E-state index contributed by atoms with van der Waals surface area (Å²) in [6.45, 7) is 25.9. The summed E-state index contributed by atoms with van der Waals surface area (Å²) in [5.41, 5.74) is 21.6. The number of anilines is 6. The van der Waals surface area contributed by atoms with Gasteiger partial charge < -0.3 is 9.80 Å². The lowest BCUT2D eigenvalue weighted by Crippen LogP contribution is -2.61. The van der Waals surface area contributed by atoms with Gasteiger partial charge in [0.15, 0.2) is 0 Å². The van der Waals surface area contributed by atoms with Crippen LogP contribution in [0.3, 0.4) is 0 Å². The van der Waals surface area contributed by atoms with Gasteiger partial charge in [0.05, 0.1) is 5.69 Å². The molecule has 56 heavy (non-hydrogen) atoms. The fraction of sp³-hybridized carbons (Fsp3) is 0.321. The van der Waals surface area contributed by atoms with Crippen molar-refractivity contribution in [1.82, 2.24) is 0 Å².